The largest absolute Gasteiger partial charge is 0.326 e. The van der Waals surface area contributed by atoms with Gasteiger partial charge in [0.05, 0.1) is 0 Å². The fourth-order valence-corrected chi connectivity index (χ4v) is 1.64. The van der Waals surface area contributed by atoms with Crippen LogP contribution in [0.3, 0.4) is 0 Å². The average molecular weight is 252 g/mol. The van der Waals surface area contributed by atoms with Crippen LogP contribution in [0.25, 0.3) is 6.08 Å². The number of nitrogens with one attached hydrogen (secondary N) is 1. The van der Waals surface area contributed by atoms with Crippen LogP contribution in [0, 0.1) is 0 Å². The van der Waals surface area contributed by atoms with E-state index >= 15 is 0 Å². The highest BCUT2D eigenvalue weighted by molar-refractivity contribution is 6.01. The predicted octanol–water partition coefficient (Wildman–Crippen LogP) is 2.80. The van der Waals surface area contributed by atoms with E-state index in [1.54, 1.807) is 6.08 Å². The molecular weight excluding hydrogens is 236 g/mol. The zero-order chi connectivity index (χ0) is 13.5. The van der Waals surface area contributed by atoms with Crippen LogP contribution in [0.1, 0.15) is 11.1 Å². The summed E-state index contributed by atoms with van der Waals surface area (Å²) in [4.78, 5) is 11.7. The summed E-state index contributed by atoms with van der Waals surface area (Å²) in [6.45, 7) is 0.502. The minimum atomic E-state index is -0.149. The second-order valence-corrected chi connectivity index (χ2v) is 4.13. The Hall–Kier alpha value is -2.39. The molecule has 0 saturated carbocycles. The molecule has 96 valence electrons. The van der Waals surface area contributed by atoms with Crippen LogP contribution in [0.5, 0.6) is 0 Å². The molecule has 0 spiro atoms. The molecule has 3 heteroatoms. The third-order valence-corrected chi connectivity index (χ3v) is 2.68. The highest BCUT2D eigenvalue weighted by Crippen LogP contribution is 2.09. The quantitative estimate of drug-likeness (QED) is 0.822. The van der Waals surface area contributed by atoms with Gasteiger partial charge in [-0.05, 0) is 29.3 Å². The predicted molar refractivity (Wildman–Crippen MR) is 78.4 cm³/mol. The van der Waals surface area contributed by atoms with Crippen LogP contribution in [0.2, 0.25) is 0 Å². The minimum absolute atomic E-state index is 0.149. The Morgan fingerprint density at radius 3 is 2.37 bits per heavy atom. The number of hydrogen-bond donors (Lipinski definition) is 2. The molecule has 0 atom stereocenters. The third-order valence-electron chi connectivity index (χ3n) is 2.68. The lowest BCUT2D eigenvalue weighted by Gasteiger charge is -2.03. The van der Waals surface area contributed by atoms with Crippen LogP contribution in [-0.4, -0.2) is 5.91 Å². The zero-order valence-electron chi connectivity index (χ0n) is 10.5. The molecule has 2 aromatic carbocycles. The first-order valence-corrected chi connectivity index (χ1v) is 6.11. The van der Waals surface area contributed by atoms with Gasteiger partial charge >= 0.3 is 0 Å². The first kappa shape index (κ1) is 13.1. The van der Waals surface area contributed by atoms with Crippen molar-refractivity contribution in [2.24, 2.45) is 5.73 Å². The Morgan fingerprint density at radius 1 is 1.05 bits per heavy atom. The molecule has 0 saturated heterocycles. The molecule has 0 unspecified atom stereocenters. The van der Waals surface area contributed by atoms with Crippen molar-refractivity contribution in [1.29, 1.82) is 0 Å². The summed E-state index contributed by atoms with van der Waals surface area (Å²) >= 11 is 0. The van der Waals surface area contributed by atoms with Crippen molar-refractivity contribution in [3.8, 4) is 0 Å². The topological polar surface area (TPSA) is 55.1 Å². The van der Waals surface area contributed by atoms with Crippen LogP contribution >= 0.6 is 0 Å². The standard InChI is InChI=1S/C16H16N2O/c17-12-14-6-9-15(10-7-14)18-16(19)11-8-13-4-2-1-3-5-13/h1-11H,12,17H2,(H,18,19)/b11-8+. The maximum atomic E-state index is 11.7. The maximum absolute atomic E-state index is 11.7. The lowest BCUT2D eigenvalue weighted by atomic mass is 10.2. The van der Waals surface area contributed by atoms with Crippen molar-refractivity contribution in [2.75, 3.05) is 5.32 Å². The number of carbonyl (C=O) groups is 1. The van der Waals surface area contributed by atoms with Gasteiger partial charge in [-0.3, -0.25) is 4.79 Å². The summed E-state index contributed by atoms with van der Waals surface area (Å²) in [7, 11) is 0. The number of benzene rings is 2. The number of rotatable bonds is 4. The summed E-state index contributed by atoms with van der Waals surface area (Å²) in [6, 6.07) is 17.2. The monoisotopic (exact) mass is 252 g/mol. The van der Waals surface area contributed by atoms with Crippen LogP contribution < -0.4 is 11.1 Å². The van der Waals surface area contributed by atoms with Crippen molar-refractivity contribution in [2.45, 2.75) is 6.54 Å². The van der Waals surface area contributed by atoms with Gasteiger partial charge in [-0.25, -0.2) is 0 Å². The Kier molecular flexibility index (Phi) is 4.48. The zero-order valence-corrected chi connectivity index (χ0v) is 10.5. The molecule has 0 aliphatic heterocycles. The molecule has 0 heterocycles. The number of amides is 1. The first-order valence-electron chi connectivity index (χ1n) is 6.11. The van der Waals surface area contributed by atoms with Gasteiger partial charge in [0.1, 0.15) is 0 Å². The molecule has 0 radical (unpaired) electrons. The molecule has 0 bridgehead atoms. The number of nitrogens with two attached hydrogens (primary N) is 1. The van der Waals surface area contributed by atoms with E-state index in [9.17, 15) is 4.79 Å². The smallest absolute Gasteiger partial charge is 0.248 e. The van der Waals surface area contributed by atoms with Gasteiger partial charge in [0.15, 0.2) is 0 Å². The second-order valence-electron chi connectivity index (χ2n) is 4.13. The van der Waals surface area contributed by atoms with Crippen LogP contribution in [-0.2, 0) is 11.3 Å². The van der Waals surface area contributed by atoms with E-state index in [-0.39, 0.29) is 5.91 Å². The fraction of sp³-hybridized carbons (Fsp3) is 0.0625. The molecule has 3 N–H and O–H groups in total. The van der Waals surface area contributed by atoms with Gasteiger partial charge in [-0.1, -0.05) is 42.5 Å². The summed E-state index contributed by atoms with van der Waals surface area (Å²) in [5, 5.41) is 2.80. The highest BCUT2D eigenvalue weighted by atomic mass is 16.1. The van der Waals surface area contributed by atoms with Crippen molar-refractivity contribution in [3.63, 3.8) is 0 Å². The SMILES string of the molecule is NCc1ccc(NC(=O)/C=C/c2ccccc2)cc1. The Morgan fingerprint density at radius 2 is 1.74 bits per heavy atom. The number of anilines is 1. The molecule has 0 aliphatic rings. The average Bonchev–Trinajstić information content (AvgIpc) is 2.47. The highest BCUT2D eigenvalue weighted by Gasteiger charge is 1.97. The van der Waals surface area contributed by atoms with E-state index < -0.39 is 0 Å². The summed E-state index contributed by atoms with van der Waals surface area (Å²) < 4.78 is 0. The summed E-state index contributed by atoms with van der Waals surface area (Å²) in [5.41, 5.74) is 8.31. The second kappa shape index (κ2) is 6.52. The van der Waals surface area contributed by atoms with Crippen molar-refractivity contribution in [1.82, 2.24) is 0 Å². The normalized spacial score (nSPS) is 10.6. The number of hydrogen-bond acceptors (Lipinski definition) is 2. The van der Waals surface area contributed by atoms with Gasteiger partial charge < -0.3 is 11.1 Å². The van der Waals surface area contributed by atoms with Crippen molar-refractivity contribution < 1.29 is 4.79 Å². The lowest BCUT2D eigenvalue weighted by molar-refractivity contribution is -0.111. The Labute approximate surface area is 112 Å². The fourth-order valence-electron chi connectivity index (χ4n) is 1.64. The minimum Gasteiger partial charge on any atom is -0.326 e. The van der Waals surface area contributed by atoms with Gasteiger partial charge in [-0.15, -0.1) is 0 Å². The summed E-state index contributed by atoms with van der Waals surface area (Å²) in [6.07, 6.45) is 3.30. The van der Waals surface area contributed by atoms with E-state index in [1.807, 2.05) is 54.6 Å². The van der Waals surface area contributed by atoms with Crippen LogP contribution in [0.4, 0.5) is 5.69 Å². The van der Waals surface area contributed by atoms with Gasteiger partial charge in [0.2, 0.25) is 5.91 Å². The molecule has 2 aromatic rings. The molecular formula is C16H16N2O. The lowest BCUT2D eigenvalue weighted by Crippen LogP contribution is -2.07. The summed E-state index contributed by atoms with van der Waals surface area (Å²) in [5.74, 6) is -0.149. The van der Waals surface area contributed by atoms with E-state index in [1.165, 1.54) is 6.08 Å². The molecule has 2 rings (SSSR count). The molecule has 0 fully saturated rings. The van der Waals surface area contributed by atoms with Crippen molar-refractivity contribution >= 4 is 17.7 Å². The van der Waals surface area contributed by atoms with Gasteiger partial charge in [0.25, 0.3) is 0 Å². The van der Waals surface area contributed by atoms with Gasteiger partial charge in [-0.2, -0.15) is 0 Å². The Balaban J connectivity index is 1.95. The van der Waals surface area contributed by atoms with Crippen molar-refractivity contribution in [3.05, 3.63) is 71.8 Å². The van der Waals surface area contributed by atoms with Gasteiger partial charge in [0, 0.05) is 18.3 Å². The molecule has 1 amide bonds. The van der Waals surface area contributed by atoms with E-state index in [0.717, 1.165) is 16.8 Å². The van der Waals surface area contributed by atoms with E-state index in [2.05, 4.69) is 5.32 Å². The third kappa shape index (κ3) is 4.08. The molecule has 0 aliphatic carbocycles. The molecule has 19 heavy (non-hydrogen) atoms. The molecule has 0 aromatic heterocycles. The van der Waals surface area contributed by atoms with E-state index in [4.69, 9.17) is 5.73 Å². The Bertz CT molecular complexity index is 559. The molecule has 3 nitrogen and oxygen atoms in total. The van der Waals surface area contributed by atoms with E-state index in [0.29, 0.717) is 6.54 Å². The first-order chi connectivity index (χ1) is 9.28. The maximum Gasteiger partial charge on any atom is 0.248 e. The number of carbonyl (C=O) groups excluding carboxylic acids is 1. The van der Waals surface area contributed by atoms with Crippen LogP contribution in [0.15, 0.2) is 60.7 Å².